The zero-order chi connectivity index (χ0) is 6.85. The van der Waals surface area contributed by atoms with E-state index >= 15 is 0 Å². The third kappa shape index (κ3) is 0.984. The Morgan fingerprint density at radius 3 is 2.78 bits per heavy atom. The van der Waals surface area contributed by atoms with Crippen molar-refractivity contribution in [2.45, 2.75) is 0 Å². The van der Waals surface area contributed by atoms with E-state index in [2.05, 4.69) is 26.9 Å². The van der Waals surface area contributed by atoms with Gasteiger partial charge in [0.05, 0.1) is 10.7 Å². The standard InChI is InChI=1S/C6H5BrN2/c1-3-6-5(7)4-8-9(6)2/h1,4H,2H3. The smallest absolute Gasteiger partial charge is 0.124 e. The van der Waals surface area contributed by atoms with Crippen molar-refractivity contribution in [2.24, 2.45) is 7.05 Å². The highest BCUT2D eigenvalue weighted by Gasteiger charge is 1.99. The summed E-state index contributed by atoms with van der Waals surface area (Å²) >= 11 is 3.25. The number of terminal acetylenes is 1. The van der Waals surface area contributed by atoms with Crippen molar-refractivity contribution in [2.75, 3.05) is 0 Å². The van der Waals surface area contributed by atoms with Gasteiger partial charge >= 0.3 is 0 Å². The Bertz CT molecular complexity index is 237. The van der Waals surface area contributed by atoms with E-state index in [0.717, 1.165) is 10.2 Å². The van der Waals surface area contributed by atoms with Gasteiger partial charge in [-0.25, -0.2) is 0 Å². The van der Waals surface area contributed by atoms with E-state index in [1.807, 2.05) is 0 Å². The second-order valence-corrected chi connectivity index (χ2v) is 2.46. The van der Waals surface area contributed by atoms with Crippen LogP contribution in [0.2, 0.25) is 0 Å². The first-order valence-corrected chi connectivity index (χ1v) is 3.19. The first-order chi connectivity index (χ1) is 4.25. The minimum absolute atomic E-state index is 0.773. The van der Waals surface area contributed by atoms with E-state index in [1.165, 1.54) is 0 Å². The second-order valence-electron chi connectivity index (χ2n) is 1.61. The summed E-state index contributed by atoms with van der Waals surface area (Å²) in [4.78, 5) is 0. The van der Waals surface area contributed by atoms with Crippen molar-refractivity contribution in [3.05, 3.63) is 16.4 Å². The maximum absolute atomic E-state index is 5.16. The molecule has 1 heterocycles. The fourth-order valence-corrected chi connectivity index (χ4v) is 1.04. The molecule has 1 rings (SSSR count). The normalized spacial score (nSPS) is 9.00. The van der Waals surface area contributed by atoms with Crippen LogP contribution in [0.25, 0.3) is 0 Å². The molecule has 1 aromatic rings. The number of rotatable bonds is 0. The number of halogens is 1. The fourth-order valence-electron chi connectivity index (χ4n) is 0.573. The predicted octanol–water partition coefficient (Wildman–Crippen LogP) is 1.16. The monoisotopic (exact) mass is 184 g/mol. The van der Waals surface area contributed by atoms with Gasteiger partial charge in [-0.2, -0.15) is 5.10 Å². The molecule has 0 fully saturated rings. The lowest BCUT2D eigenvalue weighted by molar-refractivity contribution is 0.757. The van der Waals surface area contributed by atoms with Gasteiger partial charge in [-0.05, 0) is 21.9 Å². The van der Waals surface area contributed by atoms with E-state index in [9.17, 15) is 0 Å². The molecule has 0 N–H and O–H groups in total. The number of aromatic nitrogens is 2. The first-order valence-electron chi connectivity index (χ1n) is 2.40. The van der Waals surface area contributed by atoms with Crippen molar-refractivity contribution in [1.82, 2.24) is 9.78 Å². The van der Waals surface area contributed by atoms with Gasteiger partial charge in [-0.1, -0.05) is 0 Å². The minimum Gasteiger partial charge on any atom is -0.259 e. The van der Waals surface area contributed by atoms with Crippen molar-refractivity contribution in [1.29, 1.82) is 0 Å². The molecule has 46 valence electrons. The molecule has 3 heteroatoms. The molecule has 1 aromatic heterocycles. The van der Waals surface area contributed by atoms with Crippen LogP contribution in [0.1, 0.15) is 5.69 Å². The number of hydrogen-bond donors (Lipinski definition) is 0. The van der Waals surface area contributed by atoms with E-state index in [1.54, 1.807) is 17.9 Å². The highest BCUT2D eigenvalue weighted by atomic mass is 79.9. The molecule has 0 saturated carbocycles. The molecule has 0 aromatic carbocycles. The van der Waals surface area contributed by atoms with Gasteiger partial charge in [0, 0.05) is 7.05 Å². The Morgan fingerprint density at radius 1 is 1.89 bits per heavy atom. The lowest BCUT2D eigenvalue weighted by Crippen LogP contribution is -1.92. The maximum atomic E-state index is 5.16. The largest absolute Gasteiger partial charge is 0.259 e. The molecule has 0 atom stereocenters. The molecule has 0 aliphatic rings. The van der Waals surface area contributed by atoms with Crippen LogP contribution in [0.3, 0.4) is 0 Å². The van der Waals surface area contributed by atoms with Gasteiger partial charge in [-0.3, -0.25) is 4.68 Å². The Hall–Kier alpha value is -0.750. The summed E-state index contributed by atoms with van der Waals surface area (Å²) in [5, 5.41) is 3.91. The van der Waals surface area contributed by atoms with Crippen molar-refractivity contribution in [3.8, 4) is 12.3 Å². The highest BCUT2D eigenvalue weighted by molar-refractivity contribution is 9.10. The molecule has 0 radical (unpaired) electrons. The van der Waals surface area contributed by atoms with E-state index in [4.69, 9.17) is 6.42 Å². The van der Waals surface area contributed by atoms with Gasteiger partial charge < -0.3 is 0 Å². The summed E-state index contributed by atoms with van der Waals surface area (Å²) in [6.07, 6.45) is 6.83. The Kier molecular flexibility index (Phi) is 1.58. The van der Waals surface area contributed by atoms with Gasteiger partial charge in [0.15, 0.2) is 0 Å². The van der Waals surface area contributed by atoms with Crippen LogP contribution in [0.15, 0.2) is 10.7 Å². The molecular formula is C6H5BrN2. The topological polar surface area (TPSA) is 17.8 Å². The Morgan fingerprint density at radius 2 is 2.56 bits per heavy atom. The average molecular weight is 185 g/mol. The summed E-state index contributed by atoms with van der Waals surface area (Å²) in [6, 6.07) is 0. The Labute approximate surface area is 62.0 Å². The molecule has 0 unspecified atom stereocenters. The van der Waals surface area contributed by atoms with Crippen LogP contribution in [0.5, 0.6) is 0 Å². The maximum Gasteiger partial charge on any atom is 0.124 e. The number of aryl methyl sites for hydroxylation is 1. The van der Waals surface area contributed by atoms with Crippen LogP contribution in [-0.4, -0.2) is 9.78 Å². The summed E-state index contributed by atoms with van der Waals surface area (Å²) in [7, 11) is 1.81. The minimum atomic E-state index is 0.773. The van der Waals surface area contributed by atoms with Crippen LogP contribution in [0, 0.1) is 12.3 Å². The van der Waals surface area contributed by atoms with Crippen LogP contribution >= 0.6 is 15.9 Å². The molecule has 0 spiro atoms. The van der Waals surface area contributed by atoms with E-state index in [0.29, 0.717) is 0 Å². The summed E-state index contributed by atoms with van der Waals surface area (Å²) in [5.41, 5.74) is 0.773. The third-order valence-electron chi connectivity index (χ3n) is 1.03. The second kappa shape index (κ2) is 2.24. The number of hydrogen-bond acceptors (Lipinski definition) is 1. The summed E-state index contributed by atoms with van der Waals surface area (Å²) in [5.74, 6) is 2.50. The average Bonchev–Trinajstić information content (AvgIpc) is 2.12. The SMILES string of the molecule is C#Cc1c(Br)cnn1C. The van der Waals surface area contributed by atoms with Crippen molar-refractivity contribution in [3.63, 3.8) is 0 Å². The zero-order valence-electron chi connectivity index (χ0n) is 4.93. The molecule has 0 saturated heterocycles. The summed E-state index contributed by atoms with van der Waals surface area (Å²) in [6.45, 7) is 0. The molecule has 9 heavy (non-hydrogen) atoms. The van der Waals surface area contributed by atoms with Crippen LogP contribution < -0.4 is 0 Å². The van der Waals surface area contributed by atoms with Crippen molar-refractivity contribution < 1.29 is 0 Å². The van der Waals surface area contributed by atoms with E-state index in [-0.39, 0.29) is 0 Å². The predicted molar refractivity (Wildman–Crippen MR) is 38.8 cm³/mol. The molecular weight excluding hydrogens is 180 g/mol. The van der Waals surface area contributed by atoms with Crippen molar-refractivity contribution >= 4 is 15.9 Å². The fraction of sp³-hybridized carbons (Fsp3) is 0.167. The lowest BCUT2D eigenvalue weighted by atomic mass is 10.4. The molecule has 0 aliphatic heterocycles. The van der Waals surface area contributed by atoms with Gasteiger partial charge in [0.2, 0.25) is 0 Å². The highest BCUT2D eigenvalue weighted by Crippen LogP contribution is 2.12. The Balaban J connectivity index is 3.27. The number of nitrogens with zero attached hydrogens (tertiary/aromatic N) is 2. The lowest BCUT2D eigenvalue weighted by Gasteiger charge is -1.89. The van der Waals surface area contributed by atoms with Gasteiger partial charge in [0.1, 0.15) is 5.69 Å². The first kappa shape index (κ1) is 6.37. The van der Waals surface area contributed by atoms with Crippen LogP contribution in [0.4, 0.5) is 0 Å². The molecule has 2 nitrogen and oxygen atoms in total. The van der Waals surface area contributed by atoms with Crippen LogP contribution in [-0.2, 0) is 7.05 Å². The van der Waals surface area contributed by atoms with Gasteiger partial charge in [-0.15, -0.1) is 6.42 Å². The third-order valence-corrected chi connectivity index (χ3v) is 1.61. The quantitative estimate of drug-likeness (QED) is 0.554. The molecule has 0 bridgehead atoms. The van der Waals surface area contributed by atoms with Gasteiger partial charge in [0.25, 0.3) is 0 Å². The molecule has 0 aliphatic carbocycles. The zero-order valence-corrected chi connectivity index (χ0v) is 6.51. The summed E-state index contributed by atoms with van der Waals surface area (Å²) < 4.78 is 2.51. The van der Waals surface area contributed by atoms with E-state index < -0.39 is 0 Å². The molecule has 0 amide bonds.